The summed E-state index contributed by atoms with van der Waals surface area (Å²) in [6, 6.07) is 0.737. The number of nitrogens with zero attached hydrogens (tertiary/aromatic N) is 1. The lowest BCUT2D eigenvalue weighted by atomic mass is 10.1. The monoisotopic (exact) mass is 202 g/mol. The Balaban J connectivity index is 2.20. The van der Waals surface area contributed by atoms with Crippen LogP contribution in [-0.4, -0.2) is 42.1 Å². The summed E-state index contributed by atoms with van der Waals surface area (Å²) in [5.41, 5.74) is 5.66. The van der Waals surface area contributed by atoms with Gasteiger partial charge in [-0.2, -0.15) is 11.8 Å². The van der Waals surface area contributed by atoms with Crippen molar-refractivity contribution in [3.63, 3.8) is 0 Å². The van der Waals surface area contributed by atoms with Gasteiger partial charge >= 0.3 is 0 Å². The van der Waals surface area contributed by atoms with Crippen molar-refractivity contribution in [2.24, 2.45) is 11.7 Å². The molecule has 2 unspecified atom stereocenters. The Morgan fingerprint density at radius 3 is 2.92 bits per heavy atom. The van der Waals surface area contributed by atoms with Crippen LogP contribution >= 0.6 is 11.8 Å². The quantitative estimate of drug-likeness (QED) is 0.731. The average molecular weight is 202 g/mol. The van der Waals surface area contributed by atoms with Gasteiger partial charge in [0.2, 0.25) is 0 Å². The highest BCUT2D eigenvalue weighted by molar-refractivity contribution is 7.99. The first kappa shape index (κ1) is 11.3. The molecule has 1 aliphatic heterocycles. The zero-order valence-electron chi connectivity index (χ0n) is 8.83. The van der Waals surface area contributed by atoms with E-state index >= 15 is 0 Å². The van der Waals surface area contributed by atoms with Crippen LogP contribution in [0.2, 0.25) is 0 Å². The standard InChI is InChI=1S/C10H22N2S/c1-3-13-8-9(2)12-5-4-10(6-11)7-12/h9-10H,3-8,11H2,1-2H3. The Bertz CT molecular complexity index is 141. The normalized spacial score (nSPS) is 26.5. The first-order chi connectivity index (χ1) is 6.27. The fourth-order valence-corrected chi connectivity index (χ4v) is 2.64. The van der Waals surface area contributed by atoms with E-state index in [1.54, 1.807) is 0 Å². The molecule has 0 bridgehead atoms. The third-order valence-corrected chi connectivity index (χ3v) is 3.96. The highest BCUT2D eigenvalue weighted by Gasteiger charge is 2.24. The maximum atomic E-state index is 5.66. The maximum Gasteiger partial charge on any atom is 0.0158 e. The Morgan fingerprint density at radius 2 is 2.38 bits per heavy atom. The number of rotatable bonds is 5. The summed E-state index contributed by atoms with van der Waals surface area (Å²) in [5.74, 6) is 3.26. The molecule has 1 saturated heterocycles. The molecule has 0 amide bonds. The van der Waals surface area contributed by atoms with Gasteiger partial charge in [0.15, 0.2) is 0 Å². The van der Waals surface area contributed by atoms with Crippen molar-refractivity contribution in [3.8, 4) is 0 Å². The third kappa shape index (κ3) is 3.49. The molecule has 0 aromatic rings. The van der Waals surface area contributed by atoms with Crippen molar-refractivity contribution in [2.75, 3.05) is 31.1 Å². The molecule has 0 saturated carbocycles. The smallest absolute Gasteiger partial charge is 0.0158 e. The predicted molar refractivity (Wildman–Crippen MR) is 61.2 cm³/mol. The lowest BCUT2D eigenvalue weighted by Crippen LogP contribution is -2.33. The van der Waals surface area contributed by atoms with Crippen molar-refractivity contribution in [1.82, 2.24) is 4.90 Å². The molecule has 3 heteroatoms. The fraction of sp³-hybridized carbons (Fsp3) is 1.00. The highest BCUT2D eigenvalue weighted by atomic mass is 32.2. The summed E-state index contributed by atoms with van der Waals surface area (Å²) in [6.45, 7) is 7.91. The Kier molecular flexibility index (Phi) is 5.14. The number of likely N-dealkylation sites (tertiary alicyclic amines) is 1. The molecule has 0 radical (unpaired) electrons. The number of nitrogens with two attached hydrogens (primary N) is 1. The molecule has 1 aliphatic rings. The molecule has 0 aliphatic carbocycles. The molecule has 1 rings (SSSR count). The van der Waals surface area contributed by atoms with Gasteiger partial charge in [-0.05, 0) is 38.1 Å². The van der Waals surface area contributed by atoms with E-state index in [0.29, 0.717) is 0 Å². The minimum Gasteiger partial charge on any atom is -0.330 e. The highest BCUT2D eigenvalue weighted by Crippen LogP contribution is 2.19. The van der Waals surface area contributed by atoms with Crippen molar-refractivity contribution in [1.29, 1.82) is 0 Å². The summed E-state index contributed by atoms with van der Waals surface area (Å²) in [4.78, 5) is 2.58. The van der Waals surface area contributed by atoms with Gasteiger partial charge in [-0.3, -0.25) is 4.90 Å². The largest absolute Gasteiger partial charge is 0.330 e. The van der Waals surface area contributed by atoms with E-state index < -0.39 is 0 Å². The Hall–Kier alpha value is 0.270. The average Bonchev–Trinajstić information content (AvgIpc) is 2.62. The summed E-state index contributed by atoms with van der Waals surface area (Å²) in [5, 5.41) is 0. The van der Waals surface area contributed by atoms with E-state index in [4.69, 9.17) is 5.73 Å². The Morgan fingerprint density at radius 1 is 1.62 bits per heavy atom. The summed E-state index contributed by atoms with van der Waals surface area (Å²) in [7, 11) is 0. The lowest BCUT2D eigenvalue weighted by molar-refractivity contribution is 0.270. The molecule has 0 aromatic heterocycles. The molecule has 2 nitrogen and oxygen atoms in total. The SMILES string of the molecule is CCSCC(C)N1CCC(CN)C1. The van der Waals surface area contributed by atoms with Crippen LogP contribution in [0, 0.1) is 5.92 Å². The van der Waals surface area contributed by atoms with Gasteiger partial charge in [0.25, 0.3) is 0 Å². The minimum atomic E-state index is 0.737. The molecule has 0 aromatic carbocycles. The number of hydrogen-bond acceptors (Lipinski definition) is 3. The first-order valence-electron chi connectivity index (χ1n) is 5.29. The van der Waals surface area contributed by atoms with Gasteiger partial charge in [-0.15, -0.1) is 0 Å². The number of thioether (sulfide) groups is 1. The van der Waals surface area contributed by atoms with E-state index in [2.05, 4.69) is 18.7 Å². The van der Waals surface area contributed by atoms with Gasteiger partial charge in [0.05, 0.1) is 0 Å². The van der Waals surface area contributed by atoms with Crippen LogP contribution in [0.3, 0.4) is 0 Å². The van der Waals surface area contributed by atoms with Crippen molar-refractivity contribution >= 4 is 11.8 Å². The molecular weight excluding hydrogens is 180 g/mol. The van der Waals surface area contributed by atoms with Gasteiger partial charge in [-0.1, -0.05) is 6.92 Å². The molecule has 0 spiro atoms. The number of hydrogen-bond donors (Lipinski definition) is 1. The van der Waals surface area contributed by atoms with Crippen LogP contribution in [0.15, 0.2) is 0 Å². The first-order valence-corrected chi connectivity index (χ1v) is 6.45. The molecule has 1 heterocycles. The molecule has 2 N–H and O–H groups in total. The third-order valence-electron chi connectivity index (χ3n) is 2.84. The van der Waals surface area contributed by atoms with Crippen LogP contribution in [0.25, 0.3) is 0 Å². The summed E-state index contributed by atoms with van der Waals surface area (Å²) >= 11 is 2.04. The second-order valence-corrected chi connectivity index (χ2v) is 5.21. The minimum absolute atomic E-state index is 0.737. The van der Waals surface area contributed by atoms with E-state index in [1.165, 1.54) is 31.0 Å². The zero-order valence-corrected chi connectivity index (χ0v) is 9.65. The predicted octanol–water partition coefficient (Wildman–Crippen LogP) is 1.41. The summed E-state index contributed by atoms with van der Waals surface area (Å²) in [6.07, 6.45) is 1.30. The fourth-order valence-electron chi connectivity index (χ4n) is 1.85. The van der Waals surface area contributed by atoms with Gasteiger partial charge in [0, 0.05) is 18.3 Å². The van der Waals surface area contributed by atoms with Crippen molar-refractivity contribution in [3.05, 3.63) is 0 Å². The second kappa shape index (κ2) is 5.89. The molecular formula is C10H22N2S. The van der Waals surface area contributed by atoms with Crippen LogP contribution in [0.5, 0.6) is 0 Å². The van der Waals surface area contributed by atoms with Gasteiger partial charge in [0.1, 0.15) is 0 Å². The molecule has 1 fully saturated rings. The van der Waals surface area contributed by atoms with Crippen LogP contribution < -0.4 is 5.73 Å². The van der Waals surface area contributed by atoms with E-state index in [-0.39, 0.29) is 0 Å². The Labute approximate surface area is 86.2 Å². The molecule has 2 atom stereocenters. The lowest BCUT2D eigenvalue weighted by Gasteiger charge is -2.23. The second-order valence-electron chi connectivity index (χ2n) is 3.89. The van der Waals surface area contributed by atoms with Crippen LogP contribution in [0.1, 0.15) is 20.3 Å². The maximum absolute atomic E-state index is 5.66. The summed E-state index contributed by atoms with van der Waals surface area (Å²) < 4.78 is 0. The molecule has 78 valence electrons. The van der Waals surface area contributed by atoms with E-state index in [1.807, 2.05) is 11.8 Å². The van der Waals surface area contributed by atoms with Crippen LogP contribution in [-0.2, 0) is 0 Å². The van der Waals surface area contributed by atoms with Gasteiger partial charge in [-0.25, -0.2) is 0 Å². The van der Waals surface area contributed by atoms with Crippen molar-refractivity contribution in [2.45, 2.75) is 26.3 Å². The van der Waals surface area contributed by atoms with E-state index in [0.717, 1.165) is 18.5 Å². The van der Waals surface area contributed by atoms with Gasteiger partial charge < -0.3 is 5.73 Å². The zero-order chi connectivity index (χ0) is 9.68. The topological polar surface area (TPSA) is 29.3 Å². The van der Waals surface area contributed by atoms with Crippen molar-refractivity contribution < 1.29 is 0 Å². The molecule has 13 heavy (non-hydrogen) atoms. The van der Waals surface area contributed by atoms with Crippen LogP contribution in [0.4, 0.5) is 0 Å². The van der Waals surface area contributed by atoms with E-state index in [9.17, 15) is 0 Å².